The number of nitrogens with zero attached hydrogens (tertiary/aromatic N) is 4. The number of hydrogen-bond acceptors (Lipinski definition) is 4. The summed E-state index contributed by atoms with van der Waals surface area (Å²) in [6.07, 6.45) is -1.96. The van der Waals surface area contributed by atoms with E-state index in [9.17, 15) is 28.1 Å². The standard InChI is InChI=1S/C13H11F3N4O3/c1-18-7-11(6-17-18)19(2)12(21)8-3-9(13(14,15)16)5-10(4-8)20(22)23/h3-7H,1-2H3. The van der Waals surface area contributed by atoms with Crippen LogP contribution in [0.2, 0.25) is 0 Å². The van der Waals surface area contributed by atoms with Crippen molar-refractivity contribution in [3.8, 4) is 0 Å². The molecule has 0 atom stereocenters. The third-order valence-electron chi connectivity index (χ3n) is 3.09. The molecule has 1 aromatic carbocycles. The van der Waals surface area contributed by atoms with E-state index in [0.29, 0.717) is 17.8 Å². The first-order valence-electron chi connectivity index (χ1n) is 6.23. The van der Waals surface area contributed by atoms with Crippen molar-refractivity contribution >= 4 is 17.3 Å². The highest BCUT2D eigenvalue weighted by molar-refractivity contribution is 6.06. The van der Waals surface area contributed by atoms with Gasteiger partial charge >= 0.3 is 6.18 Å². The number of nitro benzene ring substituents is 1. The molecule has 10 heteroatoms. The largest absolute Gasteiger partial charge is 0.416 e. The minimum atomic E-state index is -4.80. The molecule has 122 valence electrons. The molecule has 1 aromatic heterocycles. The molecule has 2 rings (SSSR count). The molecular weight excluding hydrogens is 317 g/mol. The van der Waals surface area contributed by atoms with Crippen LogP contribution in [0.25, 0.3) is 0 Å². The number of halogens is 3. The normalized spacial score (nSPS) is 11.3. The van der Waals surface area contributed by atoms with Gasteiger partial charge in [0.1, 0.15) is 0 Å². The van der Waals surface area contributed by atoms with E-state index in [2.05, 4.69) is 5.10 Å². The molecule has 0 aliphatic rings. The lowest BCUT2D eigenvalue weighted by atomic mass is 10.1. The predicted octanol–water partition coefficient (Wildman–Crippen LogP) is 2.62. The average molecular weight is 328 g/mol. The SMILES string of the molecule is CN(C(=O)c1cc([N+](=O)[O-])cc(C(F)(F)F)c1)c1cnn(C)c1. The van der Waals surface area contributed by atoms with Gasteiger partial charge in [0.05, 0.1) is 22.4 Å². The zero-order chi connectivity index (χ0) is 17.4. The summed E-state index contributed by atoms with van der Waals surface area (Å²) in [5.41, 5.74) is -2.15. The molecule has 0 aliphatic heterocycles. The fraction of sp³-hybridized carbons (Fsp3) is 0.231. The molecule has 0 aliphatic carbocycles. The van der Waals surface area contributed by atoms with E-state index >= 15 is 0 Å². The van der Waals surface area contributed by atoms with Crippen molar-refractivity contribution in [2.24, 2.45) is 7.05 Å². The fourth-order valence-electron chi connectivity index (χ4n) is 1.90. The fourth-order valence-corrected chi connectivity index (χ4v) is 1.90. The van der Waals surface area contributed by atoms with E-state index in [1.54, 1.807) is 7.05 Å². The number of alkyl halides is 3. The molecular formula is C13H11F3N4O3. The van der Waals surface area contributed by atoms with E-state index in [0.717, 1.165) is 11.0 Å². The Kier molecular flexibility index (Phi) is 4.08. The van der Waals surface area contributed by atoms with E-state index in [1.165, 1.54) is 24.1 Å². The molecule has 1 amide bonds. The average Bonchev–Trinajstić information content (AvgIpc) is 2.90. The van der Waals surface area contributed by atoms with E-state index in [-0.39, 0.29) is 0 Å². The number of carbonyl (C=O) groups excluding carboxylic acids is 1. The minimum Gasteiger partial charge on any atom is -0.308 e. The van der Waals surface area contributed by atoms with E-state index in [1.807, 2.05) is 0 Å². The Hall–Kier alpha value is -2.91. The Morgan fingerprint density at radius 1 is 1.35 bits per heavy atom. The van der Waals surface area contributed by atoms with Gasteiger partial charge < -0.3 is 4.90 Å². The van der Waals surface area contributed by atoms with Gasteiger partial charge in [0.15, 0.2) is 0 Å². The number of aryl methyl sites for hydroxylation is 1. The molecule has 0 bridgehead atoms. The van der Waals surface area contributed by atoms with Crippen molar-refractivity contribution < 1.29 is 22.9 Å². The quantitative estimate of drug-likeness (QED) is 0.641. The lowest BCUT2D eigenvalue weighted by Gasteiger charge is -2.16. The predicted molar refractivity (Wildman–Crippen MR) is 74.0 cm³/mol. The molecule has 0 unspecified atom stereocenters. The molecule has 0 saturated carbocycles. The van der Waals surface area contributed by atoms with Crippen LogP contribution in [0, 0.1) is 10.1 Å². The number of aromatic nitrogens is 2. The maximum absolute atomic E-state index is 12.8. The highest BCUT2D eigenvalue weighted by Crippen LogP contribution is 2.33. The smallest absolute Gasteiger partial charge is 0.308 e. The van der Waals surface area contributed by atoms with Crippen molar-refractivity contribution in [1.29, 1.82) is 0 Å². The summed E-state index contributed by atoms with van der Waals surface area (Å²) in [4.78, 5) is 23.2. The van der Waals surface area contributed by atoms with E-state index < -0.39 is 33.8 Å². The highest BCUT2D eigenvalue weighted by Gasteiger charge is 2.34. The summed E-state index contributed by atoms with van der Waals surface area (Å²) < 4.78 is 39.9. The summed E-state index contributed by atoms with van der Waals surface area (Å²) in [5.74, 6) is -0.813. The second-order valence-electron chi connectivity index (χ2n) is 4.76. The molecule has 0 radical (unpaired) electrons. The van der Waals surface area contributed by atoms with Crippen LogP contribution in [0.15, 0.2) is 30.6 Å². The summed E-state index contributed by atoms with van der Waals surface area (Å²) >= 11 is 0. The van der Waals surface area contributed by atoms with Crippen molar-refractivity contribution in [3.63, 3.8) is 0 Å². The number of anilines is 1. The summed E-state index contributed by atoms with van der Waals surface area (Å²) in [5, 5.41) is 14.6. The number of hydrogen-bond donors (Lipinski definition) is 0. The lowest BCUT2D eigenvalue weighted by molar-refractivity contribution is -0.385. The van der Waals surface area contributed by atoms with Crippen LogP contribution in [0.4, 0.5) is 24.5 Å². The van der Waals surface area contributed by atoms with Crippen LogP contribution < -0.4 is 4.90 Å². The van der Waals surface area contributed by atoms with Crippen LogP contribution in [0.3, 0.4) is 0 Å². The Labute approximate surface area is 128 Å². The summed E-state index contributed by atoms with van der Waals surface area (Å²) in [6.45, 7) is 0. The Morgan fingerprint density at radius 3 is 2.48 bits per heavy atom. The Balaban J connectivity index is 2.47. The van der Waals surface area contributed by atoms with Crippen LogP contribution in [-0.4, -0.2) is 27.7 Å². The molecule has 7 nitrogen and oxygen atoms in total. The number of benzene rings is 1. The number of amides is 1. The third kappa shape index (κ3) is 3.47. The van der Waals surface area contributed by atoms with Gasteiger partial charge in [-0.1, -0.05) is 0 Å². The summed E-state index contributed by atoms with van der Waals surface area (Å²) in [6, 6.07) is 1.79. The van der Waals surface area contributed by atoms with Crippen LogP contribution in [0.1, 0.15) is 15.9 Å². The van der Waals surface area contributed by atoms with Gasteiger partial charge in [0.25, 0.3) is 11.6 Å². The van der Waals surface area contributed by atoms with Crippen LogP contribution in [0.5, 0.6) is 0 Å². The molecule has 0 N–H and O–H groups in total. The Morgan fingerprint density at radius 2 is 2.00 bits per heavy atom. The topological polar surface area (TPSA) is 81.3 Å². The van der Waals surface area contributed by atoms with Crippen molar-refractivity contribution in [2.75, 3.05) is 11.9 Å². The van der Waals surface area contributed by atoms with Crippen molar-refractivity contribution in [1.82, 2.24) is 9.78 Å². The van der Waals surface area contributed by atoms with Crippen molar-refractivity contribution in [3.05, 3.63) is 51.8 Å². The minimum absolute atomic E-state index is 0.345. The van der Waals surface area contributed by atoms with Gasteiger partial charge in [0, 0.05) is 38.0 Å². The second kappa shape index (κ2) is 5.71. The first-order valence-corrected chi connectivity index (χ1v) is 6.23. The van der Waals surface area contributed by atoms with Gasteiger partial charge in [0.2, 0.25) is 0 Å². The number of carbonyl (C=O) groups is 1. The first-order chi connectivity index (χ1) is 10.6. The van der Waals surface area contributed by atoms with Crippen LogP contribution >= 0.6 is 0 Å². The van der Waals surface area contributed by atoms with Gasteiger partial charge in [-0.3, -0.25) is 19.6 Å². The van der Waals surface area contributed by atoms with Gasteiger partial charge in [-0.15, -0.1) is 0 Å². The molecule has 23 heavy (non-hydrogen) atoms. The van der Waals surface area contributed by atoms with Gasteiger partial charge in [-0.05, 0) is 6.07 Å². The maximum atomic E-state index is 12.8. The Bertz CT molecular complexity index is 770. The molecule has 0 saturated heterocycles. The molecule has 2 aromatic rings. The zero-order valence-electron chi connectivity index (χ0n) is 12.0. The summed E-state index contributed by atoms with van der Waals surface area (Å²) in [7, 11) is 2.95. The zero-order valence-corrected chi connectivity index (χ0v) is 12.0. The van der Waals surface area contributed by atoms with Gasteiger partial charge in [-0.2, -0.15) is 18.3 Å². The van der Waals surface area contributed by atoms with E-state index in [4.69, 9.17) is 0 Å². The van der Waals surface area contributed by atoms with Gasteiger partial charge in [-0.25, -0.2) is 0 Å². The van der Waals surface area contributed by atoms with Crippen LogP contribution in [-0.2, 0) is 13.2 Å². The lowest BCUT2D eigenvalue weighted by Crippen LogP contribution is -2.26. The van der Waals surface area contributed by atoms with Crippen molar-refractivity contribution in [2.45, 2.75) is 6.18 Å². The molecule has 0 spiro atoms. The maximum Gasteiger partial charge on any atom is 0.416 e. The molecule has 0 fully saturated rings. The highest BCUT2D eigenvalue weighted by atomic mass is 19.4. The number of non-ortho nitro benzene ring substituents is 1. The number of rotatable bonds is 3. The number of nitro groups is 1. The second-order valence-corrected chi connectivity index (χ2v) is 4.76. The first kappa shape index (κ1) is 16.5. The third-order valence-corrected chi connectivity index (χ3v) is 3.09. The molecule has 1 heterocycles. The monoisotopic (exact) mass is 328 g/mol.